The van der Waals surface area contributed by atoms with E-state index in [9.17, 15) is 9.90 Å². The molecule has 86 valence electrons. The average Bonchev–Trinajstić information content (AvgIpc) is 2.70. The maximum atomic E-state index is 11.9. The van der Waals surface area contributed by atoms with Gasteiger partial charge in [0.05, 0.1) is 0 Å². The number of phenolic OH excluding ortho intramolecular Hbond substituents is 1. The molecule has 0 radical (unpaired) electrons. The van der Waals surface area contributed by atoms with Crippen LogP contribution in [-0.4, -0.2) is 17.1 Å². The van der Waals surface area contributed by atoms with E-state index in [1.807, 2.05) is 6.92 Å². The van der Waals surface area contributed by atoms with Gasteiger partial charge in [0.15, 0.2) is 0 Å². The molecule has 0 bridgehead atoms. The Morgan fingerprint density at radius 3 is 2.69 bits per heavy atom. The van der Waals surface area contributed by atoms with Gasteiger partial charge in [0.25, 0.3) is 5.91 Å². The number of rotatable bonds is 2. The van der Waals surface area contributed by atoms with Crippen molar-refractivity contribution >= 4 is 5.91 Å². The molecule has 0 aromatic heterocycles. The molecule has 1 aromatic rings. The van der Waals surface area contributed by atoms with Gasteiger partial charge in [-0.3, -0.25) is 4.79 Å². The van der Waals surface area contributed by atoms with Crippen molar-refractivity contribution in [3.8, 4) is 5.75 Å². The predicted molar refractivity (Wildman–Crippen MR) is 62.6 cm³/mol. The van der Waals surface area contributed by atoms with Crippen molar-refractivity contribution in [1.29, 1.82) is 0 Å². The molecule has 0 saturated heterocycles. The summed E-state index contributed by atoms with van der Waals surface area (Å²) in [6.45, 7) is 1.84. The zero-order valence-corrected chi connectivity index (χ0v) is 9.49. The second kappa shape index (κ2) is 4.56. The Kier molecular flexibility index (Phi) is 3.13. The highest BCUT2D eigenvalue weighted by atomic mass is 16.3. The van der Waals surface area contributed by atoms with Crippen LogP contribution in [0.5, 0.6) is 5.75 Å². The Hall–Kier alpha value is -1.51. The van der Waals surface area contributed by atoms with Crippen molar-refractivity contribution in [2.45, 2.75) is 38.6 Å². The predicted octanol–water partition coefficient (Wildman–Crippen LogP) is 2.37. The third kappa shape index (κ3) is 2.35. The fraction of sp³-hybridized carbons (Fsp3) is 0.462. The summed E-state index contributed by atoms with van der Waals surface area (Å²) >= 11 is 0. The third-order valence-electron chi connectivity index (χ3n) is 3.15. The van der Waals surface area contributed by atoms with E-state index in [1.54, 1.807) is 18.2 Å². The second-order valence-corrected chi connectivity index (χ2v) is 4.45. The lowest BCUT2D eigenvalue weighted by Crippen LogP contribution is -2.32. The van der Waals surface area contributed by atoms with Crippen LogP contribution in [0.4, 0.5) is 0 Å². The van der Waals surface area contributed by atoms with E-state index >= 15 is 0 Å². The molecule has 0 unspecified atom stereocenters. The summed E-state index contributed by atoms with van der Waals surface area (Å²) in [6, 6.07) is 5.18. The molecule has 0 atom stereocenters. The molecule has 2 N–H and O–H groups in total. The van der Waals surface area contributed by atoms with E-state index in [2.05, 4.69) is 5.32 Å². The lowest BCUT2D eigenvalue weighted by Gasteiger charge is -2.13. The summed E-state index contributed by atoms with van der Waals surface area (Å²) < 4.78 is 0. The van der Waals surface area contributed by atoms with Gasteiger partial charge < -0.3 is 10.4 Å². The summed E-state index contributed by atoms with van der Waals surface area (Å²) in [4.78, 5) is 11.9. The Labute approximate surface area is 95.5 Å². The quantitative estimate of drug-likeness (QED) is 0.802. The Morgan fingerprint density at radius 2 is 2.06 bits per heavy atom. The number of phenols is 1. The Balaban J connectivity index is 2.08. The maximum absolute atomic E-state index is 11.9. The van der Waals surface area contributed by atoms with Crippen molar-refractivity contribution in [2.75, 3.05) is 0 Å². The van der Waals surface area contributed by atoms with Crippen molar-refractivity contribution in [1.82, 2.24) is 5.32 Å². The van der Waals surface area contributed by atoms with Crippen LogP contribution in [0.2, 0.25) is 0 Å². The molecule has 1 saturated carbocycles. The number of nitrogens with one attached hydrogen (secondary N) is 1. The van der Waals surface area contributed by atoms with Crippen LogP contribution in [0.1, 0.15) is 41.6 Å². The summed E-state index contributed by atoms with van der Waals surface area (Å²) in [6.07, 6.45) is 4.59. The average molecular weight is 219 g/mol. The number of carbonyl (C=O) groups is 1. The molecule has 1 aromatic carbocycles. The molecule has 3 nitrogen and oxygen atoms in total. The number of aromatic hydroxyl groups is 1. The molecule has 2 rings (SSSR count). The smallest absolute Gasteiger partial charge is 0.251 e. The fourth-order valence-electron chi connectivity index (χ4n) is 2.24. The lowest BCUT2D eigenvalue weighted by atomic mass is 10.1. The zero-order chi connectivity index (χ0) is 11.5. The molecule has 1 fully saturated rings. The number of benzene rings is 1. The minimum absolute atomic E-state index is 0.0237. The van der Waals surface area contributed by atoms with Crippen molar-refractivity contribution in [2.24, 2.45) is 0 Å². The van der Waals surface area contributed by atoms with Gasteiger partial charge in [-0.15, -0.1) is 0 Å². The molecule has 1 amide bonds. The van der Waals surface area contributed by atoms with Crippen LogP contribution in [0.15, 0.2) is 18.2 Å². The van der Waals surface area contributed by atoms with Crippen LogP contribution in [0.25, 0.3) is 0 Å². The van der Waals surface area contributed by atoms with Gasteiger partial charge in [0.1, 0.15) is 5.75 Å². The summed E-state index contributed by atoms with van der Waals surface area (Å²) in [5, 5.41) is 12.3. The van der Waals surface area contributed by atoms with Crippen LogP contribution in [0.3, 0.4) is 0 Å². The molecular formula is C13H17NO2. The molecule has 0 spiro atoms. The SMILES string of the molecule is Cc1cc(O)ccc1C(=O)NC1CCCC1. The van der Waals surface area contributed by atoms with Crippen molar-refractivity contribution < 1.29 is 9.90 Å². The summed E-state index contributed by atoms with van der Waals surface area (Å²) in [5.41, 5.74) is 1.47. The van der Waals surface area contributed by atoms with Crippen molar-refractivity contribution in [3.63, 3.8) is 0 Å². The van der Waals surface area contributed by atoms with E-state index in [0.717, 1.165) is 18.4 Å². The first-order valence-corrected chi connectivity index (χ1v) is 5.77. The Bertz CT molecular complexity index is 395. The van der Waals surface area contributed by atoms with Gasteiger partial charge in [-0.2, -0.15) is 0 Å². The summed E-state index contributed by atoms with van der Waals surface area (Å²) in [7, 11) is 0. The van der Waals surface area contributed by atoms with E-state index in [4.69, 9.17) is 0 Å². The van der Waals surface area contributed by atoms with E-state index in [0.29, 0.717) is 11.6 Å². The molecule has 3 heteroatoms. The number of aryl methyl sites for hydroxylation is 1. The largest absolute Gasteiger partial charge is 0.508 e. The number of carbonyl (C=O) groups excluding carboxylic acids is 1. The minimum Gasteiger partial charge on any atom is -0.508 e. The van der Waals surface area contributed by atoms with Gasteiger partial charge in [-0.25, -0.2) is 0 Å². The van der Waals surface area contributed by atoms with Crippen LogP contribution < -0.4 is 5.32 Å². The first kappa shape index (κ1) is 11.0. The summed E-state index contributed by atoms with van der Waals surface area (Å²) in [5.74, 6) is 0.180. The normalized spacial score (nSPS) is 16.3. The molecule has 1 aliphatic rings. The molecule has 0 aliphatic heterocycles. The molecule has 0 heterocycles. The van der Waals surface area contributed by atoms with E-state index < -0.39 is 0 Å². The molecule has 1 aliphatic carbocycles. The standard InChI is InChI=1S/C13H17NO2/c1-9-8-11(15)6-7-12(9)13(16)14-10-4-2-3-5-10/h6-8,10,15H,2-5H2,1H3,(H,14,16). The monoisotopic (exact) mass is 219 g/mol. The number of hydrogen-bond acceptors (Lipinski definition) is 2. The first-order valence-electron chi connectivity index (χ1n) is 5.77. The minimum atomic E-state index is -0.0237. The van der Waals surface area contributed by atoms with Crippen molar-refractivity contribution in [3.05, 3.63) is 29.3 Å². The molecular weight excluding hydrogens is 202 g/mol. The van der Waals surface area contributed by atoms with E-state index in [-0.39, 0.29) is 11.7 Å². The number of amides is 1. The van der Waals surface area contributed by atoms with Crippen LogP contribution in [0, 0.1) is 6.92 Å². The van der Waals surface area contributed by atoms with Gasteiger partial charge in [-0.1, -0.05) is 12.8 Å². The third-order valence-corrected chi connectivity index (χ3v) is 3.15. The van der Waals surface area contributed by atoms with Gasteiger partial charge >= 0.3 is 0 Å². The maximum Gasteiger partial charge on any atom is 0.251 e. The van der Waals surface area contributed by atoms with Gasteiger partial charge in [0, 0.05) is 11.6 Å². The fourth-order valence-corrected chi connectivity index (χ4v) is 2.24. The van der Waals surface area contributed by atoms with Crippen LogP contribution >= 0.6 is 0 Å². The zero-order valence-electron chi connectivity index (χ0n) is 9.49. The Morgan fingerprint density at radius 1 is 1.38 bits per heavy atom. The van der Waals surface area contributed by atoms with Gasteiger partial charge in [-0.05, 0) is 43.5 Å². The topological polar surface area (TPSA) is 49.3 Å². The highest BCUT2D eigenvalue weighted by Gasteiger charge is 2.18. The highest BCUT2D eigenvalue weighted by Crippen LogP contribution is 2.20. The molecule has 16 heavy (non-hydrogen) atoms. The second-order valence-electron chi connectivity index (χ2n) is 4.45. The van der Waals surface area contributed by atoms with Crippen LogP contribution in [-0.2, 0) is 0 Å². The number of hydrogen-bond donors (Lipinski definition) is 2. The lowest BCUT2D eigenvalue weighted by molar-refractivity contribution is 0.0937. The first-order chi connectivity index (χ1) is 7.66. The van der Waals surface area contributed by atoms with E-state index in [1.165, 1.54) is 12.8 Å². The van der Waals surface area contributed by atoms with Gasteiger partial charge in [0.2, 0.25) is 0 Å². The highest BCUT2D eigenvalue weighted by molar-refractivity contribution is 5.95.